The third-order valence-electron chi connectivity index (χ3n) is 4.44. The molecule has 0 spiro atoms. The number of benzene rings is 2. The number of ether oxygens (including phenoxy) is 2. The van der Waals surface area contributed by atoms with E-state index in [1.807, 2.05) is 49.4 Å². The fraction of sp³-hybridized carbons (Fsp3) is 0.250. The second kappa shape index (κ2) is 13.5. The second-order valence-corrected chi connectivity index (χ2v) is 6.92. The zero-order chi connectivity index (χ0) is 21.9. The average molecular weight is 550 g/mol. The molecule has 0 aliphatic carbocycles. The first-order chi connectivity index (χ1) is 15.1. The summed E-state index contributed by atoms with van der Waals surface area (Å²) in [7, 11) is 1.70. The van der Waals surface area contributed by atoms with Gasteiger partial charge in [0.25, 0.3) is 0 Å². The summed E-state index contributed by atoms with van der Waals surface area (Å²) < 4.78 is 25.1. The first-order valence-corrected chi connectivity index (χ1v) is 10.1. The van der Waals surface area contributed by atoms with Crippen LogP contribution in [0.4, 0.5) is 4.39 Å². The summed E-state index contributed by atoms with van der Waals surface area (Å²) in [6.45, 7) is 3.38. The smallest absolute Gasteiger partial charge is 0.191 e. The fourth-order valence-corrected chi connectivity index (χ4v) is 2.79. The molecule has 170 valence electrons. The van der Waals surface area contributed by atoms with Gasteiger partial charge in [0, 0.05) is 19.8 Å². The van der Waals surface area contributed by atoms with Crippen LogP contribution in [0.1, 0.15) is 18.2 Å². The summed E-state index contributed by atoms with van der Waals surface area (Å²) in [6, 6.07) is 20.0. The molecular formula is C24H28FIN4O2. The van der Waals surface area contributed by atoms with Crippen molar-refractivity contribution in [1.29, 1.82) is 0 Å². The third kappa shape index (κ3) is 8.33. The van der Waals surface area contributed by atoms with Gasteiger partial charge in [0.1, 0.15) is 18.5 Å². The predicted octanol–water partition coefficient (Wildman–Crippen LogP) is 4.55. The number of rotatable bonds is 9. The van der Waals surface area contributed by atoms with E-state index >= 15 is 0 Å². The Morgan fingerprint density at radius 2 is 1.78 bits per heavy atom. The topological polar surface area (TPSA) is 67.8 Å². The maximum absolute atomic E-state index is 13.7. The summed E-state index contributed by atoms with van der Waals surface area (Å²) in [4.78, 5) is 8.46. The van der Waals surface area contributed by atoms with Crippen LogP contribution in [0.2, 0.25) is 0 Å². The van der Waals surface area contributed by atoms with E-state index in [1.165, 1.54) is 6.07 Å². The maximum Gasteiger partial charge on any atom is 0.191 e. The highest BCUT2D eigenvalue weighted by atomic mass is 127. The number of aromatic nitrogens is 1. The van der Waals surface area contributed by atoms with Crippen LogP contribution >= 0.6 is 24.0 Å². The van der Waals surface area contributed by atoms with Gasteiger partial charge in [-0.1, -0.05) is 30.3 Å². The van der Waals surface area contributed by atoms with E-state index in [-0.39, 0.29) is 41.6 Å². The van der Waals surface area contributed by atoms with Crippen molar-refractivity contribution < 1.29 is 13.9 Å². The van der Waals surface area contributed by atoms with E-state index in [9.17, 15) is 4.39 Å². The molecule has 0 saturated carbocycles. The lowest BCUT2D eigenvalue weighted by atomic mass is 10.2. The number of pyridine rings is 1. The molecule has 0 aliphatic heterocycles. The Labute approximate surface area is 205 Å². The lowest BCUT2D eigenvalue weighted by Gasteiger charge is -2.18. The molecule has 2 N–H and O–H groups in total. The van der Waals surface area contributed by atoms with Gasteiger partial charge in [0.05, 0.1) is 12.2 Å². The Kier molecular flexibility index (Phi) is 10.7. The highest BCUT2D eigenvalue weighted by molar-refractivity contribution is 14.0. The van der Waals surface area contributed by atoms with Crippen LogP contribution in [-0.4, -0.2) is 30.6 Å². The number of hydrogen-bond donors (Lipinski definition) is 2. The molecule has 1 heterocycles. The van der Waals surface area contributed by atoms with E-state index in [0.717, 1.165) is 17.0 Å². The van der Waals surface area contributed by atoms with Gasteiger partial charge >= 0.3 is 0 Å². The quantitative estimate of drug-likeness (QED) is 0.233. The first-order valence-electron chi connectivity index (χ1n) is 10.1. The summed E-state index contributed by atoms with van der Waals surface area (Å²) >= 11 is 0. The maximum atomic E-state index is 13.7. The molecule has 0 amide bonds. The molecule has 0 radical (unpaired) electrons. The Bertz CT molecular complexity index is 971. The summed E-state index contributed by atoms with van der Waals surface area (Å²) in [6.07, 6.45) is 1.52. The Hall–Kier alpha value is -2.88. The van der Waals surface area contributed by atoms with Crippen molar-refractivity contribution in [1.82, 2.24) is 15.6 Å². The SMILES string of the molecule is CN=C(NCc1ccc(OCc2ccccn2)cc1)NCC(C)Oc1ccccc1F.I. The Morgan fingerprint density at radius 1 is 1.03 bits per heavy atom. The van der Waals surface area contributed by atoms with Gasteiger partial charge in [-0.15, -0.1) is 24.0 Å². The summed E-state index contributed by atoms with van der Waals surface area (Å²) in [5.74, 6) is 1.30. The molecule has 1 unspecified atom stereocenters. The van der Waals surface area contributed by atoms with Crippen LogP contribution in [0.5, 0.6) is 11.5 Å². The van der Waals surface area contributed by atoms with Crippen molar-refractivity contribution in [3.05, 3.63) is 90.0 Å². The van der Waals surface area contributed by atoms with Crippen molar-refractivity contribution in [2.75, 3.05) is 13.6 Å². The molecule has 3 aromatic rings. The van der Waals surface area contributed by atoms with Gasteiger partial charge in [-0.2, -0.15) is 0 Å². The highest BCUT2D eigenvalue weighted by Gasteiger charge is 2.09. The van der Waals surface area contributed by atoms with Crippen molar-refractivity contribution in [2.24, 2.45) is 4.99 Å². The molecule has 8 heteroatoms. The first kappa shape index (κ1) is 25.4. The predicted molar refractivity (Wildman–Crippen MR) is 135 cm³/mol. The van der Waals surface area contributed by atoms with Crippen molar-refractivity contribution in [3.63, 3.8) is 0 Å². The van der Waals surface area contributed by atoms with Gasteiger partial charge in [-0.25, -0.2) is 4.39 Å². The van der Waals surface area contributed by atoms with Crippen LogP contribution in [0, 0.1) is 5.82 Å². The number of hydrogen-bond acceptors (Lipinski definition) is 4. The average Bonchev–Trinajstić information content (AvgIpc) is 2.81. The van der Waals surface area contributed by atoms with Crippen molar-refractivity contribution in [3.8, 4) is 11.5 Å². The van der Waals surface area contributed by atoms with Crippen LogP contribution in [0.15, 0.2) is 77.9 Å². The van der Waals surface area contributed by atoms with Gasteiger partial charge in [0.2, 0.25) is 0 Å². The molecule has 1 aromatic heterocycles. The second-order valence-electron chi connectivity index (χ2n) is 6.92. The lowest BCUT2D eigenvalue weighted by molar-refractivity contribution is 0.214. The fourth-order valence-electron chi connectivity index (χ4n) is 2.79. The van der Waals surface area contributed by atoms with E-state index in [1.54, 1.807) is 31.4 Å². The number of aliphatic imine (C=N–C) groups is 1. The zero-order valence-electron chi connectivity index (χ0n) is 18.1. The summed E-state index contributed by atoms with van der Waals surface area (Å²) in [5, 5.41) is 6.44. The van der Waals surface area contributed by atoms with Crippen molar-refractivity contribution >= 4 is 29.9 Å². The lowest BCUT2D eigenvalue weighted by Crippen LogP contribution is -2.41. The van der Waals surface area contributed by atoms with Crippen LogP contribution in [-0.2, 0) is 13.2 Å². The standard InChI is InChI=1S/C24H27FN4O2.HI/c1-18(31-23-9-4-3-8-22(23)25)15-28-24(26-2)29-16-19-10-12-21(13-11-19)30-17-20-7-5-6-14-27-20;/h3-14,18H,15-17H2,1-2H3,(H2,26,28,29);1H. The normalized spacial score (nSPS) is 11.8. The molecule has 1 atom stereocenters. The molecule has 0 bridgehead atoms. The van der Waals surface area contributed by atoms with E-state index in [4.69, 9.17) is 9.47 Å². The molecule has 6 nitrogen and oxygen atoms in total. The molecule has 2 aromatic carbocycles. The molecule has 0 saturated heterocycles. The number of para-hydroxylation sites is 1. The van der Waals surface area contributed by atoms with Gasteiger partial charge in [-0.3, -0.25) is 9.98 Å². The van der Waals surface area contributed by atoms with Crippen LogP contribution in [0.3, 0.4) is 0 Å². The molecule has 0 aliphatic rings. The minimum absolute atomic E-state index is 0. The van der Waals surface area contributed by atoms with Gasteiger partial charge in [-0.05, 0) is 48.9 Å². The molecule has 32 heavy (non-hydrogen) atoms. The third-order valence-corrected chi connectivity index (χ3v) is 4.44. The number of halogens is 2. The van der Waals surface area contributed by atoms with Gasteiger partial charge < -0.3 is 20.1 Å². The Balaban J connectivity index is 0.00000363. The number of guanidine groups is 1. The number of nitrogens with zero attached hydrogens (tertiary/aromatic N) is 2. The Morgan fingerprint density at radius 3 is 2.47 bits per heavy atom. The monoisotopic (exact) mass is 550 g/mol. The van der Waals surface area contributed by atoms with Crippen LogP contribution < -0.4 is 20.1 Å². The van der Waals surface area contributed by atoms with E-state index in [0.29, 0.717) is 25.7 Å². The van der Waals surface area contributed by atoms with Crippen LogP contribution in [0.25, 0.3) is 0 Å². The molecule has 0 fully saturated rings. The minimum Gasteiger partial charge on any atom is -0.487 e. The zero-order valence-corrected chi connectivity index (χ0v) is 20.5. The van der Waals surface area contributed by atoms with Gasteiger partial charge in [0.15, 0.2) is 17.5 Å². The number of nitrogens with one attached hydrogen (secondary N) is 2. The molecular weight excluding hydrogens is 522 g/mol. The largest absolute Gasteiger partial charge is 0.487 e. The highest BCUT2D eigenvalue weighted by Crippen LogP contribution is 2.17. The van der Waals surface area contributed by atoms with Crippen molar-refractivity contribution in [2.45, 2.75) is 26.2 Å². The summed E-state index contributed by atoms with van der Waals surface area (Å²) in [5.41, 5.74) is 1.97. The van der Waals surface area contributed by atoms with E-state index < -0.39 is 0 Å². The molecule has 3 rings (SSSR count). The minimum atomic E-state index is -0.371. The van der Waals surface area contributed by atoms with E-state index in [2.05, 4.69) is 20.6 Å².